The van der Waals surface area contributed by atoms with Crippen LogP contribution in [0.5, 0.6) is 0 Å². The summed E-state index contributed by atoms with van der Waals surface area (Å²) in [5.41, 5.74) is -3.40. The second kappa shape index (κ2) is 8.81. The first-order valence-electron chi connectivity index (χ1n) is 14.9. The van der Waals surface area contributed by atoms with E-state index in [4.69, 9.17) is 23.7 Å². The van der Waals surface area contributed by atoms with Crippen LogP contribution >= 0.6 is 0 Å². The molecule has 4 saturated carbocycles. The monoisotopic (exact) mass is 562 g/mol. The summed E-state index contributed by atoms with van der Waals surface area (Å²) in [5, 5.41) is 34.7. The molecule has 0 aromatic rings. The van der Waals surface area contributed by atoms with Crippen molar-refractivity contribution in [3.8, 4) is 0 Å². The van der Waals surface area contributed by atoms with Gasteiger partial charge in [-0.3, -0.25) is 4.79 Å². The smallest absolute Gasteiger partial charge is 0.331 e. The Morgan fingerprint density at radius 2 is 1.85 bits per heavy atom. The summed E-state index contributed by atoms with van der Waals surface area (Å²) in [6.45, 7) is 5.85. The molecule has 14 atom stereocenters. The van der Waals surface area contributed by atoms with Crippen molar-refractivity contribution in [2.45, 2.75) is 120 Å². The normalized spacial score (nSPS) is 56.9. The number of epoxide rings is 1. The van der Waals surface area contributed by atoms with Crippen molar-refractivity contribution >= 4 is 11.8 Å². The van der Waals surface area contributed by atoms with Crippen molar-refractivity contribution in [2.75, 3.05) is 13.7 Å². The van der Waals surface area contributed by atoms with Gasteiger partial charge >= 0.3 is 5.97 Å². The highest BCUT2D eigenvalue weighted by molar-refractivity contribution is 5.94. The van der Waals surface area contributed by atoms with E-state index in [1.165, 1.54) is 6.08 Å². The molecule has 10 nitrogen and oxygen atoms in total. The number of cyclic esters (lactones) is 1. The Bertz CT molecular complexity index is 1140. The summed E-state index contributed by atoms with van der Waals surface area (Å²) in [6, 6.07) is 0. The van der Waals surface area contributed by atoms with E-state index in [1.54, 1.807) is 14.0 Å². The number of carbonyl (C=O) groups is 2. The first-order chi connectivity index (χ1) is 18.9. The molecule has 7 unspecified atom stereocenters. The van der Waals surface area contributed by atoms with Gasteiger partial charge in [0, 0.05) is 25.5 Å². The molecule has 3 N–H and O–H groups in total. The van der Waals surface area contributed by atoms with E-state index in [0.29, 0.717) is 19.3 Å². The molecule has 0 amide bonds. The van der Waals surface area contributed by atoms with Crippen LogP contribution in [0.25, 0.3) is 0 Å². The molecule has 6 fully saturated rings. The molecular formula is C30H42O10. The second-order valence-electron chi connectivity index (χ2n) is 13.9. The average Bonchev–Trinajstić information content (AvgIpc) is 3.36. The molecule has 40 heavy (non-hydrogen) atoms. The quantitative estimate of drug-likeness (QED) is 0.261. The third-order valence-corrected chi connectivity index (χ3v) is 12.4. The Morgan fingerprint density at radius 3 is 2.55 bits per heavy atom. The Kier molecular flexibility index (Phi) is 6.04. The van der Waals surface area contributed by atoms with E-state index in [1.807, 2.05) is 6.92 Å². The number of ether oxygens (including phenoxy) is 5. The fourth-order valence-corrected chi connectivity index (χ4v) is 10.3. The third kappa shape index (κ3) is 3.30. The first-order valence-corrected chi connectivity index (χ1v) is 14.9. The van der Waals surface area contributed by atoms with Crippen molar-refractivity contribution < 1.29 is 48.6 Å². The molecule has 1 spiro atoms. The summed E-state index contributed by atoms with van der Waals surface area (Å²) in [5.74, 6) is -1.55. The molecule has 0 aromatic carbocycles. The lowest BCUT2D eigenvalue weighted by molar-refractivity contribution is -0.273. The topological polar surface area (TPSA) is 144 Å². The van der Waals surface area contributed by atoms with Gasteiger partial charge in [-0.15, -0.1) is 0 Å². The molecule has 7 rings (SSSR count). The van der Waals surface area contributed by atoms with Crippen LogP contribution in [0.4, 0.5) is 0 Å². The maximum atomic E-state index is 14.2. The average molecular weight is 563 g/mol. The SMILES string of the molecule is COC1CC(OC2CC[C@@]3(C)[C@@H](C2)CC2O[C@]24[C@@H]3C(O)C(=O)[C@]2(C)[C@@H](C3=CC(=O)OC3)CC[C@@]24O)OC(C)C1O. The number of esters is 1. The highest BCUT2D eigenvalue weighted by atomic mass is 16.7. The van der Waals surface area contributed by atoms with Crippen LogP contribution in [0.3, 0.4) is 0 Å². The number of aliphatic hydroxyl groups is 3. The second-order valence-corrected chi connectivity index (χ2v) is 13.9. The van der Waals surface area contributed by atoms with Gasteiger partial charge in [-0.25, -0.2) is 4.79 Å². The number of methoxy groups -OCH3 is 1. The molecule has 4 aliphatic carbocycles. The van der Waals surface area contributed by atoms with Gasteiger partial charge in [-0.05, 0) is 75.2 Å². The van der Waals surface area contributed by atoms with Crippen LogP contribution < -0.4 is 0 Å². The number of aliphatic hydroxyl groups excluding tert-OH is 2. The number of fused-ring (bicyclic) bond motifs is 3. The van der Waals surface area contributed by atoms with E-state index in [2.05, 4.69) is 6.92 Å². The fraction of sp³-hybridized carbons (Fsp3) is 0.867. The Labute approximate surface area is 234 Å². The third-order valence-electron chi connectivity index (χ3n) is 12.4. The number of hydrogen-bond acceptors (Lipinski definition) is 10. The largest absolute Gasteiger partial charge is 0.458 e. The number of hydrogen-bond donors (Lipinski definition) is 3. The summed E-state index contributed by atoms with van der Waals surface area (Å²) in [6.07, 6.45) is 2.20. The van der Waals surface area contributed by atoms with Crippen LogP contribution in [0, 0.1) is 28.6 Å². The summed E-state index contributed by atoms with van der Waals surface area (Å²) >= 11 is 0. The molecule has 0 bridgehead atoms. The lowest BCUT2D eigenvalue weighted by atomic mass is 9.41. The van der Waals surface area contributed by atoms with Crippen molar-refractivity contribution in [3.63, 3.8) is 0 Å². The van der Waals surface area contributed by atoms with E-state index in [0.717, 1.165) is 31.3 Å². The summed E-state index contributed by atoms with van der Waals surface area (Å²) < 4.78 is 29.5. The van der Waals surface area contributed by atoms with Gasteiger partial charge < -0.3 is 39.0 Å². The van der Waals surface area contributed by atoms with Gasteiger partial charge in [0.25, 0.3) is 0 Å². The lowest BCUT2D eigenvalue weighted by Crippen LogP contribution is -2.75. The Balaban J connectivity index is 1.14. The van der Waals surface area contributed by atoms with Crippen molar-refractivity contribution in [1.82, 2.24) is 0 Å². The molecule has 222 valence electrons. The number of rotatable bonds is 4. The van der Waals surface area contributed by atoms with Crippen LogP contribution in [-0.2, 0) is 33.3 Å². The molecular weight excluding hydrogens is 520 g/mol. The number of Topliss-reactive ketones (excluding diaryl/α,β-unsaturated/α-hetero) is 1. The Morgan fingerprint density at radius 1 is 1.07 bits per heavy atom. The van der Waals surface area contributed by atoms with E-state index < -0.39 is 58.5 Å². The van der Waals surface area contributed by atoms with E-state index >= 15 is 0 Å². The fourth-order valence-electron chi connectivity index (χ4n) is 10.3. The zero-order valence-electron chi connectivity index (χ0n) is 23.7. The molecule has 2 saturated heterocycles. The zero-order valence-corrected chi connectivity index (χ0v) is 23.7. The highest BCUT2D eigenvalue weighted by Gasteiger charge is 2.88. The van der Waals surface area contributed by atoms with Crippen LogP contribution in [0.1, 0.15) is 65.7 Å². The van der Waals surface area contributed by atoms with Crippen LogP contribution in [-0.4, -0.2) is 94.9 Å². The van der Waals surface area contributed by atoms with Gasteiger partial charge in [-0.2, -0.15) is 0 Å². The number of ketones is 1. The van der Waals surface area contributed by atoms with Gasteiger partial charge in [0.2, 0.25) is 0 Å². The molecule has 3 heterocycles. The summed E-state index contributed by atoms with van der Waals surface area (Å²) in [4.78, 5) is 26.0. The molecule has 0 aromatic heterocycles. The van der Waals surface area contributed by atoms with Gasteiger partial charge in [0.15, 0.2) is 12.1 Å². The molecule has 0 radical (unpaired) electrons. The van der Waals surface area contributed by atoms with Crippen molar-refractivity contribution in [3.05, 3.63) is 11.6 Å². The minimum atomic E-state index is -1.44. The lowest BCUT2D eigenvalue weighted by Gasteiger charge is -2.62. The minimum Gasteiger partial charge on any atom is -0.458 e. The van der Waals surface area contributed by atoms with Gasteiger partial charge in [-0.1, -0.05) is 6.92 Å². The summed E-state index contributed by atoms with van der Waals surface area (Å²) in [7, 11) is 1.58. The standard InChI is InChI=1S/C30H42O10/c1-14-23(32)19(36-4)12-22(38-14)39-17-5-7-27(2)16(10-17)11-20-30(40-20)25(27)24(33)26(34)28(3)18(6-8-29(28,30)35)15-9-21(31)37-13-15/h9,14,16-20,22-25,32-33,35H,5-8,10-13H2,1-4H3/t14?,16-,17?,18+,19?,20?,22?,23?,24?,25+,27-,28-,29+,30-/m0/s1. The first kappa shape index (κ1) is 27.4. The highest BCUT2D eigenvalue weighted by Crippen LogP contribution is 2.76. The minimum absolute atomic E-state index is 0.0678. The predicted molar refractivity (Wildman–Crippen MR) is 138 cm³/mol. The maximum Gasteiger partial charge on any atom is 0.331 e. The van der Waals surface area contributed by atoms with Crippen molar-refractivity contribution in [2.24, 2.45) is 28.6 Å². The zero-order chi connectivity index (χ0) is 28.4. The van der Waals surface area contributed by atoms with Gasteiger partial charge in [0.1, 0.15) is 30.0 Å². The molecule has 10 heteroatoms. The van der Waals surface area contributed by atoms with E-state index in [9.17, 15) is 24.9 Å². The van der Waals surface area contributed by atoms with E-state index in [-0.39, 0.29) is 42.5 Å². The molecule has 7 aliphatic rings. The number of carbonyl (C=O) groups excluding carboxylic acids is 2. The predicted octanol–water partition coefficient (Wildman–Crippen LogP) is 1.42. The van der Waals surface area contributed by atoms with Gasteiger partial charge in [0.05, 0.1) is 29.8 Å². The molecule has 3 aliphatic heterocycles. The van der Waals surface area contributed by atoms with Crippen LogP contribution in [0.2, 0.25) is 0 Å². The van der Waals surface area contributed by atoms with Crippen molar-refractivity contribution in [1.29, 1.82) is 0 Å². The van der Waals surface area contributed by atoms with Crippen LogP contribution in [0.15, 0.2) is 11.6 Å². The maximum absolute atomic E-state index is 14.2. The Hall–Kier alpha value is -1.40.